The molecule has 0 spiro atoms. The van der Waals surface area contributed by atoms with Crippen LogP contribution >= 0.6 is 0 Å². The molecule has 0 aromatic carbocycles. The number of aryl methyl sites for hydroxylation is 1. The van der Waals surface area contributed by atoms with Crippen molar-refractivity contribution < 1.29 is 13.7 Å². The topological polar surface area (TPSA) is 86.1 Å². The zero-order chi connectivity index (χ0) is 14.7. The molecule has 0 saturated heterocycles. The minimum Gasteiger partial charge on any atom is -0.467 e. The molecular formula is C14H14N4O3. The van der Waals surface area contributed by atoms with E-state index in [0.29, 0.717) is 12.3 Å². The molecular weight excluding hydrogens is 272 g/mol. The molecule has 3 heterocycles. The van der Waals surface area contributed by atoms with Gasteiger partial charge in [-0.2, -0.15) is 5.10 Å². The maximum absolute atomic E-state index is 12.0. The van der Waals surface area contributed by atoms with E-state index in [2.05, 4.69) is 15.6 Å². The quantitative estimate of drug-likeness (QED) is 0.772. The second-order valence-electron chi connectivity index (χ2n) is 4.55. The van der Waals surface area contributed by atoms with Gasteiger partial charge in [0.15, 0.2) is 5.69 Å². The van der Waals surface area contributed by atoms with Crippen LogP contribution in [0.3, 0.4) is 0 Å². The van der Waals surface area contributed by atoms with Gasteiger partial charge in [0.2, 0.25) is 0 Å². The summed E-state index contributed by atoms with van der Waals surface area (Å²) in [5, 5.41) is 10.7. The predicted molar refractivity (Wildman–Crippen MR) is 72.6 cm³/mol. The van der Waals surface area contributed by atoms with Gasteiger partial charge >= 0.3 is 0 Å². The second kappa shape index (κ2) is 5.66. The third-order valence-corrected chi connectivity index (χ3v) is 3.03. The Hall–Kier alpha value is -2.83. The lowest BCUT2D eigenvalue weighted by Crippen LogP contribution is -2.31. The number of carbonyl (C=O) groups excluding carboxylic acids is 1. The van der Waals surface area contributed by atoms with E-state index in [-0.39, 0.29) is 17.6 Å². The zero-order valence-electron chi connectivity index (χ0n) is 11.4. The number of nitrogens with zero attached hydrogens (tertiary/aromatic N) is 3. The number of hydrogen-bond donors (Lipinski definition) is 1. The minimum atomic E-state index is -0.296. The first-order valence-corrected chi connectivity index (χ1v) is 6.48. The monoisotopic (exact) mass is 286 g/mol. The van der Waals surface area contributed by atoms with Crippen molar-refractivity contribution in [3.8, 4) is 0 Å². The summed E-state index contributed by atoms with van der Waals surface area (Å²) in [5.74, 6) is 1.01. The molecule has 1 atom stereocenters. The maximum atomic E-state index is 12.0. The van der Waals surface area contributed by atoms with Crippen LogP contribution in [0.2, 0.25) is 0 Å². The molecule has 7 heteroatoms. The van der Waals surface area contributed by atoms with Crippen molar-refractivity contribution in [3.05, 3.63) is 60.1 Å². The van der Waals surface area contributed by atoms with Crippen LogP contribution in [0.25, 0.3) is 0 Å². The third kappa shape index (κ3) is 2.86. The van der Waals surface area contributed by atoms with E-state index in [9.17, 15) is 4.79 Å². The highest BCUT2D eigenvalue weighted by Gasteiger charge is 2.19. The largest absolute Gasteiger partial charge is 0.467 e. The number of aromatic nitrogens is 3. The van der Waals surface area contributed by atoms with Gasteiger partial charge in [-0.15, -0.1) is 0 Å². The van der Waals surface area contributed by atoms with Gasteiger partial charge in [0, 0.05) is 25.0 Å². The SMILES string of the molecule is Cc1cc(C(=O)NC[C@@H](c2ccco2)n2cccn2)no1. The molecule has 0 unspecified atom stereocenters. The fourth-order valence-corrected chi connectivity index (χ4v) is 2.02. The van der Waals surface area contributed by atoms with Crippen molar-refractivity contribution in [3.63, 3.8) is 0 Å². The van der Waals surface area contributed by atoms with Gasteiger partial charge in [0.05, 0.1) is 6.26 Å². The fraction of sp³-hybridized carbons (Fsp3) is 0.214. The van der Waals surface area contributed by atoms with E-state index in [0.717, 1.165) is 5.76 Å². The first-order chi connectivity index (χ1) is 10.2. The summed E-state index contributed by atoms with van der Waals surface area (Å²) in [6.07, 6.45) is 5.09. The first kappa shape index (κ1) is 13.2. The number of amides is 1. The van der Waals surface area contributed by atoms with Gasteiger partial charge in [-0.3, -0.25) is 9.48 Å². The summed E-state index contributed by atoms with van der Waals surface area (Å²) in [7, 11) is 0. The van der Waals surface area contributed by atoms with E-state index >= 15 is 0 Å². The molecule has 0 radical (unpaired) electrons. The molecule has 3 aromatic rings. The number of furan rings is 1. The Bertz CT molecular complexity index is 666. The zero-order valence-corrected chi connectivity index (χ0v) is 11.4. The highest BCUT2D eigenvalue weighted by atomic mass is 16.5. The molecule has 1 amide bonds. The molecule has 0 saturated carbocycles. The Kier molecular flexibility index (Phi) is 3.55. The molecule has 3 aromatic heterocycles. The van der Waals surface area contributed by atoms with Gasteiger partial charge in [-0.1, -0.05) is 5.16 Å². The summed E-state index contributed by atoms with van der Waals surface area (Å²) >= 11 is 0. The summed E-state index contributed by atoms with van der Waals surface area (Å²) in [6, 6.07) is 6.84. The number of rotatable bonds is 5. The van der Waals surface area contributed by atoms with Gasteiger partial charge in [0.25, 0.3) is 5.91 Å². The van der Waals surface area contributed by atoms with Crippen LogP contribution < -0.4 is 5.32 Å². The first-order valence-electron chi connectivity index (χ1n) is 6.48. The summed E-state index contributed by atoms with van der Waals surface area (Å²) in [4.78, 5) is 12.0. The van der Waals surface area contributed by atoms with Crippen LogP contribution in [0.1, 0.15) is 28.1 Å². The average Bonchev–Trinajstić information content (AvgIpc) is 3.21. The molecule has 0 aliphatic carbocycles. The van der Waals surface area contributed by atoms with E-state index in [1.807, 2.05) is 18.3 Å². The van der Waals surface area contributed by atoms with Crippen molar-refractivity contribution in [1.29, 1.82) is 0 Å². The lowest BCUT2D eigenvalue weighted by molar-refractivity contribution is 0.0939. The van der Waals surface area contributed by atoms with E-state index in [4.69, 9.17) is 8.94 Å². The minimum absolute atomic E-state index is 0.216. The Morgan fingerprint density at radius 3 is 3.00 bits per heavy atom. The summed E-state index contributed by atoms with van der Waals surface area (Å²) < 4.78 is 12.0. The van der Waals surface area contributed by atoms with Crippen molar-refractivity contribution >= 4 is 5.91 Å². The Morgan fingerprint density at radius 2 is 2.38 bits per heavy atom. The lowest BCUT2D eigenvalue weighted by atomic mass is 10.2. The Balaban J connectivity index is 1.72. The highest BCUT2D eigenvalue weighted by Crippen LogP contribution is 2.17. The molecule has 3 rings (SSSR count). The molecule has 0 aliphatic heterocycles. The van der Waals surface area contributed by atoms with Crippen LogP contribution in [-0.2, 0) is 0 Å². The summed E-state index contributed by atoms with van der Waals surface area (Å²) in [6.45, 7) is 2.07. The third-order valence-electron chi connectivity index (χ3n) is 3.03. The Labute approximate surface area is 120 Å². The van der Waals surface area contributed by atoms with Crippen LogP contribution in [0.4, 0.5) is 0 Å². The molecule has 1 N–H and O–H groups in total. The van der Waals surface area contributed by atoms with E-state index in [1.165, 1.54) is 0 Å². The van der Waals surface area contributed by atoms with Crippen LogP contribution in [0.15, 0.2) is 51.9 Å². The molecule has 21 heavy (non-hydrogen) atoms. The van der Waals surface area contributed by atoms with Crippen molar-refractivity contribution in [2.75, 3.05) is 6.54 Å². The highest BCUT2D eigenvalue weighted by molar-refractivity contribution is 5.92. The predicted octanol–water partition coefficient (Wildman–Crippen LogP) is 1.79. The van der Waals surface area contributed by atoms with E-state index < -0.39 is 0 Å². The number of hydrogen-bond acceptors (Lipinski definition) is 5. The van der Waals surface area contributed by atoms with Crippen LogP contribution in [0, 0.1) is 6.92 Å². The second-order valence-corrected chi connectivity index (χ2v) is 4.55. The molecule has 108 valence electrons. The van der Waals surface area contributed by atoms with E-state index in [1.54, 1.807) is 36.2 Å². The van der Waals surface area contributed by atoms with Gasteiger partial charge in [-0.25, -0.2) is 0 Å². The lowest BCUT2D eigenvalue weighted by Gasteiger charge is -2.15. The smallest absolute Gasteiger partial charge is 0.273 e. The number of nitrogens with one attached hydrogen (secondary N) is 1. The van der Waals surface area contributed by atoms with Crippen molar-refractivity contribution in [2.24, 2.45) is 0 Å². The fourth-order valence-electron chi connectivity index (χ4n) is 2.02. The van der Waals surface area contributed by atoms with Crippen LogP contribution in [-0.4, -0.2) is 27.4 Å². The maximum Gasteiger partial charge on any atom is 0.273 e. The van der Waals surface area contributed by atoms with Crippen LogP contribution in [0.5, 0.6) is 0 Å². The standard InChI is InChI=1S/C14H14N4O3/c1-10-8-11(17-21-10)14(19)15-9-12(13-4-2-7-20-13)18-6-3-5-16-18/h2-8,12H,9H2,1H3,(H,15,19)/t12-/m0/s1. The molecule has 0 bridgehead atoms. The Morgan fingerprint density at radius 1 is 1.48 bits per heavy atom. The molecule has 0 aliphatic rings. The van der Waals surface area contributed by atoms with Crippen molar-refractivity contribution in [2.45, 2.75) is 13.0 Å². The van der Waals surface area contributed by atoms with Crippen molar-refractivity contribution in [1.82, 2.24) is 20.3 Å². The molecule has 7 nitrogen and oxygen atoms in total. The normalized spacial score (nSPS) is 12.2. The molecule has 0 fully saturated rings. The van der Waals surface area contributed by atoms with Gasteiger partial charge in [0.1, 0.15) is 17.6 Å². The summed E-state index contributed by atoms with van der Waals surface area (Å²) in [5.41, 5.74) is 0.256. The van der Waals surface area contributed by atoms with Gasteiger partial charge < -0.3 is 14.3 Å². The van der Waals surface area contributed by atoms with Gasteiger partial charge in [-0.05, 0) is 25.1 Å². The average molecular weight is 286 g/mol. The number of carbonyl (C=O) groups is 1.